The number of hydrogen-bond donors (Lipinski definition) is 0. The first kappa shape index (κ1) is 18.7. The van der Waals surface area contributed by atoms with E-state index in [2.05, 4.69) is 16.0 Å². The third-order valence-electron chi connectivity index (χ3n) is 4.64. The summed E-state index contributed by atoms with van der Waals surface area (Å²) >= 11 is 0. The molecule has 0 aliphatic rings. The lowest BCUT2D eigenvalue weighted by Crippen LogP contribution is -2.30. The van der Waals surface area contributed by atoms with Crippen LogP contribution in [0.15, 0.2) is 47.5 Å². The van der Waals surface area contributed by atoms with E-state index in [4.69, 9.17) is 5.26 Å². The molecular weight excluding hydrogens is 385 g/mol. The average molecular weight is 400 g/mol. The average Bonchev–Trinajstić information content (AvgIpc) is 3.16. The van der Waals surface area contributed by atoms with Gasteiger partial charge in [-0.1, -0.05) is 12.1 Å². The van der Waals surface area contributed by atoms with Gasteiger partial charge in [0, 0.05) is 12.7 Å². The van der Waals surface area contributed by atoms with Crippen LogP contribution in [0.5, 0.6) is 0 Å². The molecule has 0 atom stereocenters. The highest BCUT2D eigenvalue weighted by molar-refractivity contribution is 5.77. The molecule has 1 aromatic carbocycles. The zero-order valence-corrected chi connectivity index (χ0v) is 15.1. The first-order valence-corrected chi connectivity index (χ1v) is 8.80. The van der Waals surface area contributed by atoms with Crippen molar-refractivity contribution in [3.05, 3.63) is 59.0 Å². The van der Waals surface area contributed by atoms with E-state index >= 15 is 0 Å². The van der Waals surface area contributed by atoms with Crippen LogP contribution in [0.25, 0.3) is 22.1 Å². The third-order valence-corrected chi connectivity index (χ3v) is 4.64. The van der Waals surface area contributed by atoms with Crippen molar-refractivity contribution in [3.8, 4) is 6.07 Å². The summed E-state index contributed by atoms with van der Waals surface area (Å²) in [6, 6.07) is 10.8. The Balaban J connectivity index is 1.86. The summed E-state index contributed by atoms with van der Waals surface area (Å²) in [4.78, 5) is 21.3. The Hall–Kier alpha value is -3.61. The van der Waals surface area contributed by atoms with Crippen molar-refractivity contribution >= 4 is 22.1 Å². The number of fused-ring (bicyclic) bond motifs is 2. The van der Waals surface area contributed by atoms with Gasteiger partial charge in [0.1, 0.15) is 12.4 Å². The van der Waals surface area contributed by atoms with Crippen LogP contribution in [-0.4, -0.2) is 29.8 Å². The van der Waals surface area contributed by atoms with Crippen LogP contribution in [-0.2, 0) is 19.6 Å². The summed E-state index contributed by atoms with van der Waals surface area (Å²) in [5.41, 5.74) is 1.14. The Morgan fingerprint density at radius 3 is 2.59 bits per heavy atom. The molecule has 3 heterocycles. The number of imidazole rings is 2. The second-order valence-electron chi connectivity index (χ2n) is 6.51. The van der Waals surface area contributed by atoms with Gasteiger partial charge in [0.15, 0.2) is 0 Å². The molecule has 4 aromatic rings. The molecule has 0 radical (unpaired) electrons. The molecule has 4 rings (SSSR count). The fourth-order valence-electron chi connectivity index (χ4n) is 3.45. The monoisotopic (exact) mass is 400 g/mol. The van der Waals surface area contributed by atoms with Crippen LogP contribution in [0.1, 0.15) is 12.2 Å². The zero-order valence-electron chi connectivity index (χ0n) is 15.1. The highest BCUT2D eigenvalue weighted by Crippen LogP contribution is 2.22. The number of rotatable bonds is 5. The number of hydrogen-bond acceptors (Lipinski definition) is 4. The highest BCUT2D eigenvalue weighted by atomic mass is 19.4. The van der Waals surface area contributed by atoms with Crippen molar-refractivity contribution in [2.75, 3.05) is 0 Å². The normalized spacial score (nSPS) is 11.9. The number of para-hydroxylation sites is 2. The van der Waals surface area contributed by atoms with Gasteiger partial charge in [-0.25, -0.2) is 9.78 Å². The number of benzene rings is 1. The van der Waals surface area contributed by atoms with Gasteiger partial charge in [0.05, 0.1) is 47.3 Å². The molecule has 0 aliphatic carbocycles. The minimum absolute atomic E-state index is 0.0357. The number of pyridine rings is 1. The van der Waals surface area contributed by atoms with E-state index in [0.29, 0.717) is 28.0 Å². The van der Waals surface area contributed by atoms with Gasteiger partial charge in [-0.3, -0.25) is 14.1 Å². The van der Waals surface area contributed by atoms with E-state index in [1.807, 2.05) is 22.8 Å². The van der Waals surface area contributed by atoms with Crippen LogP contribution in [0.2, 0.25) is 0 Å². The Bertz CT molecular complexity index is 1290. The topological polar surface area (TPSA) is 81.4 Å². The van der Waals surface area contributed by atoms with E-state index in [-0.39, 0.29) is 18.5 Å². The van der Waals surface area contributed by atoms with Crippen LogP contribution in [0.3, 0.4) is 0 Å². The predicted molar refractivity (Wildman–Crippen MR) is 99.1 cm³/mol. The molecule has 0 N–H and O–H groups in total. The molecular formula is C19H15F3N6O. The molecule has 7 nitrogen and oxygen atoms in total. The summed E-state index contributed by atoms with van der Waals surface area (Å²) in [6.45, 7) is -1.06. The Morgan fingerprint density at radius 1 is 1.03 bits per heavy atom. The van der Waals surface area contributed by atoms with Crippen molar-refractivity contribution in [2.24, 2.45) is 0 Å². The van der Waals surface area contributed by atoms with Crippen LogP contribution in [0.4, 0.5) is 13.2 Å². The first-order valence-electron chi connectivity index (χ1n) is 8.80. The minimum atomic E-state index is -4.54. The SMILES string of the molecule is N#CCCn1c(Cn2c(=O)n(CC(F)(F)F)c3ccncc32)nc2ccccc21. The lowest BCUT2D eigenvalue weighted by atomic mass is 10.3. The van der Waals surface area contributed by atoms with Gasteiger partial charge in [-0.2, -0.15) is 18.4 Å². The van der Waals surface area contributed by atoms with Crippen LogP contribution < -0.4 is 5.69 Å². The maximum Gasteiger partial charge on any atom is 0.406 e. The van der Waals surface area contributed by atoms with Gasteiger partial charge in [-0.05, 0) is 18.2 Å². The molecule has 0 fully saturated rings. The standard InChI is InChI=1S/C19H15F3N6O/c20-19(21,22)12-28-15-6-8-24-10-16(15)27(18(28)29)11-17-25-13-4-1-2-5-14(13)26(17)9-3-7-23/h1-2,4-6,8,10H,3,9,11-12H2. The molecule has 3 aromatic heterocycles. The van der Waals surface area contributed by atoms with E-state index in [1.54, 1.807) is 6.07 Å². The molecule has 0 unspecified atom stereocenters. The van der Waals surface area contributed by atoms with Crippen molar-refractivity contribution in [2.45, 2.75) is 32.2 Å². The number of alkyl halides is 3. The molecule has 0 bridgehead atoms. The maximum atomic E-state index is 13.0. The van der Waals surface area contributed by atoms with Gasteiger partial charge >= 0.3 is 11.9 Å². The molecule has 0 spiro atoms. The molecule has 10 heteroatoms. The van der Waals surface area contributed by atoms with Crippen molar-refractivity contribution < 1.29 is 13.2 Å². The van der Waals surface area contributed by atoms with Crippen molar-refractivity contribution in [1.29, 1.82) is 5.26 Å². The minimum Gasteiger partial charge on any atom is -0.325 e. The van der Waals surface area contributed by atoms with E-state index < -0.39 is 18.4 Å². The summed E-state index contributed by atoms with van der Waals surface area (Å²) in [7, 11) is 0. The molecule has 0 saturated heterocycles. The van der Waals surface area contributed by atoms with E-state index in [0.717, 1.165) is 5.52 Å². The van der Waals surface area contributed by atoms with Crippen molar-refractivity contribution in [1.82, 2.24) is 23.7 Å². The lowest BCUT2D eigenvalue weighted by molar-refractivity contribution is -0.140. The summed E-state index contributed by atoms with van der Waals surface area (Å²) in [6.07, 6.45) is -1.58. The molecule has 0 saturated carbocycles. The smallest absolute Gasteiger partial charge is 0.325 e. The Kier molecular flexibility index (Phi) is 4.58. The number of halogens is 3. The van der Waals surface area contributed by atoms with E-state index in [1.165, 1.54) is 23.0 Å². The van der Waals surface area contributed by atoms with Crippen LogP contribution in [0, 0.1) is 11.3 Å². The number of aryl methyl sites for hydroxylation is 1. The third kappa shape index (κ3) is 3.47. The molecule has 0 aliphatic heterocycles. The molecule has 29 heavy (non-hydrogen) atoms. The first-order chi connectivity index (χ1) is 13.9. The highest BCUT2D eigenvalue weighted by Gasteiger charge is 2.31. The summed E-state index contributed by atoms with van der Waals surface area (Å²) in [5, 5.41) is 8.96. The fraction of sp³-hybridized carbons (Fsp3) is 0.263. The van der Waals surface area contributed by atoms with E-state index in [9.17, 15) is 18.0 Å². The molecule has 0 amide bonds. The number of aromatic nitrogens is 5. The number of nitrogens with zero attached hydrogens (tertiary/aromatic N) is 6. The van der Waals surface area contributed by atoms with Gasteiger partial charge in [0.2, 0.25) is 0 Å². The predicted octanol–water partition coefficient (Wildman–Crippen LogP) is 3.07. The Labute approximate surface area is 162 Å². The van der Waals surface area contributed by atoms with Crippen LogP contribution >= 0.6 is 0 Å². The zero-order chi connectivity index (χ0) is 20.6. The fourth-order valence-corrected chi connectivity index (χ4v) is 3.45. The lowest BCUT2D eigenvalue weighted by Gasteiger charge is -2.08. The number of nitriles is 1. The maximum absolute atomic E-state index is 13.0. The Morgan fingerprint density at radius 2 is 1.83 bits per heavy atom. The quantitative estimate of drug-likeness (QED) is 0.516. The second-order valence-corrected chi connectivity index (χ2v) is 6.51. The van der Waals surface area contributed by atoms with Crippen molar-refractivity contribution in [3.63, 3.8) is 0 Å². The van der Waals surface area contributed by atoms with Gasteiger partial charge in [0.25, 0.3) is 0 Å². The summed E-state index contributed by atoms with van der Waals surface area (Å²) < 4.78 is 42.7. The van der Waals surface area contributed by atoms with Gasteiger partial charge in [-0.15, -0.1) is 0 Å². The van der Waals surface area contributed by atoms with Gasteiger partial charge < -0.3 is 4.57 Å². The summed E-state index contributed by atoms with van der Waals surface area (Å²) in [5.74, 6) is 0.485. The molecule has 148 valence electrons. The largest absolute Gasteiger partial charge is 0.406 e. The second kappa shape index (κ2) is 7.09.